The zero-order chi connectivity index (χ0) is 20.1. The number of rotatable bonds is 5. The molecule has 0 saturated carbocycles. The van der Waals surface area contributed by atoms with Gasteiger partial charge in [0.05, 0.1) is 18.3 Å². The summed E-state index contributed by atoms with van der Waals surface area (Å²) in [5, 5.41) is 3.02. The Bertz CT molecular complexity index is 698. The molecule has 1 N–H and O–H groups in total. The molecule has 154 valence electrons. The highest BCUT2D eigenvalue weighted by Gasteiger charge is 2.27. The van der Waals surface area contributed by atoms with E-state index < -0.39 is 0 Å². The van der Waals surface area contributed by atoms with E-state index in [0.29, 0.717) is 6.54 Å². The molecule has 2 fully saturated rings. The lowest BCUT2D eigenvalue weighted by molar-refractivity contribution is -0.134. The predicted octanol–water partition coefficient (Wildman–Crippen LogP) is 2.71. The fourth-order valence-electron chi connectivity index (χ4n) is 3.87. The Morgan fingerprint density at radius 1 is 1.07 bits per heavy atom. The summed E-state index contributed by atoms with van der Waals surface area (Å²) in [4.78, 5) is 31.5. The summed E-state index contributed by atoms with van der Waals surface area (Å²) in [5.74, 6) is 0.255. The monoisotopic (exact) mass is 450 g/mol. The summed E-state index contributed by atoms with van der Waals surface area (Å²) in [6.07, 6.45) is 3.49. The van der Waals surface area contributed by atoms with Crippen molar-refractivity contribution < 1.29 is 9.59 Å². The molecule has 28 heavy (non-hydrogen) atoms. The molecule has 3 rings (SSSR count). The van der Waals surface area contributed by atoms with Gasteiger partial charge in [0.25, 0.3) is 0 Å². The Morgan fingerprint density at radius 3 is 2.39 bits per heavy atom. The smallest absolute Gasteiger partial charge is 0.241 e. The van der Waals surface area contributed by atoms with Crippen LogP contribution < -0.4 is 5.32 Å². The third-order valence-corrected chi connectivity index (χ3v) is 6.44. The van der Waals surface area contributed by atoms with Gasteiger partial charge in [0.2, 0.25) is 11.8 Å². The largest absolute Gasteiger partial charge is 0.342 e. The van der Waals surface area contributed by atoms with Crippen LogP contribution >= 0.6 is 15.9 Å². The minimum atomic E-state index is -0.201. The second-order valence-electron chi connectivity index (χ2n) is 7.90. The number of amides is 2. The van der Waals surface area contributed by atoms with Gasteiger partial charge in [-0.05, 0) is 66.7 Å². The molecule has 6 nitrogen and oxygen atoms in total. The van der Waals surface area contributed by atoms with E-state index >= 15 is 0 Å². The lowest BCUT2D eigenvalue weighted by Gasteiger charge is -2.38. The maximum Gasteiger partial charge on any atom is 0.241 e. The van der Waals surface area contributed by atoms with Gasteiger partial charge in [0.1, 0.15) is 0 Å². The van der Waals surface area contributed by atoms with Gasteiger partial charge in [-0.1, -0.05) is 6.07 Å². The summed E-state index contributed by atoms with van der Waals surface area (Å²) >= 11 is 3.51. The average Bonchev–Trinajstić information content (AvgIpc) is 2.70. The normalized spacial score (nSPS) is 20.0. The first-order valence-electron chi connectivity index (χ1n) is 10.3. The molecular weight excluding hydrogens is 420 g/mol. The van der Waals surface area contributed by atoms with Crippen molar-refractivity contribution in [3.63, 3.8) is 0 Å². The lowest BCUT2D eigenvalue weighted by atomic mass is 10.1. The topological polar surface area (TPSA) is 55.9 Å². The van der Waals surface area contributed by atoms with E-state index in [2.05, 4.69) is 31.0 Å². The van der Waals surface area contributed by atoms with Gasteiger partial charge in [0.15, 0.2) is 0 Å². The number of aryl methyl sites for hydroxylation is 1. The van der Waals surface area contributed by atoms with Crippen LogP contribution in [0.25, 0.3) is 0 Å². The van der Waals surface area contributed by atoms with Crippen molar-refractivity contribution in [2.75, 3.05) is 51.1 Å². The van der Waals surface area contributed by atoms with E-state index in [1.165, 1.54) is 6.42 Å². The van der Waals surface area contributed by atoms with Gasteiger partial charge in [0, 0.05) is 43.7 Å². The standard InChI is InChI=1S/C21H31BrN4O2/c1-16-6-7-19(18(22)14-16)23-21(28)17(2)25-12-10-24(11-13-25)15-20(27)26-8-4-3-5-9-26/h6-7,14,17H,3-5,8-13,15H2,1-2H3,(H,23,28)/t17-/m1/s1. The number of carbonyl (C=O) groups excluding carboxylic acids is 2. The molecule has 2 heterocycles. The molecule has 2 aliphatic heterocycles. The Kier molecular flexibility index (Phi) is 7.48. The van der Waals surface area contributed by atoms with Crippen molar-refractivity contribution in [3.8, 4) is 0 Å². The number of benzene rings is 1. The molecule has 1 atom stereocenters. The number of nitrogens with zero attached hydrogens (tertiary/aromatic N) is 3. The molecule has 2 amide bonds. The van der Waals surface area contributed by atoms with Crippen LogP contribution in [0.2, 0.25) is 0 Å². The summed E-state index contributed by atoms with van der Waals surface area (Å²) in [7, 11) is 0. The van der Waals surface area contributed by atoms with Gasteiger partial charge in [-0.2, -0.15) is 0 Å². The highest BCUT2D eigenvalue weighted by molar-refractivity contribution is 9.10. The van der Waals surface area contributed by atoms with Crippen LogP contribution in [0, 0.1) is 6.92 Å². The fourth-order valence-corrected chi connectivity index (χ4v) is 4.46. The van der Waals surface area contributed by atoms with Crippen LogP contribution in [-0.2, 0) is 9.59 Å². The number of piperazine rings is 1. The molecule has 2 saturated heterocycles. The number of nitrogens with one attached hydrogen (secondary N) is 1. The van der Waals surface area contributed by atoms with Crippen molar-refractivity contribution in [1.82, 2.24) is 14.7 Å². The van der Waals surface area contributed by atoms with Crippen molar-refractivity contribution in [2.45, 2.75) is 39.2 Å². The van der Waals surface area contributed by atoms with Gasteiger partial charge in [-0.15, -0.1) is 0 Å². The molecule has 2 aliphatic rings. The van der Waals surface area contributed by atoms with E-state index in [4.69, 9.17) is 0 Å². The molecule has 0 bridgehead atoms. The van der Waals surface area contributed by atoms with E-state index in [1.54, 1.807) is 0 Å². The van der Waals surface area contributed by atoms with Crippen LogP contribution in [0.3, 0.4) is 0 Å². The second-order valence-corrected chi connectivity index (χ2v) is 8.76. The van der Waals surface area contributed by atoms with Gasteiger partial charge >= 0.3 is 0 Å². The third kappa shape index (κ3) is 5.55. The first kappa shape index (κ1) is 21.3. The third-order valence-electron chi connectivity index (χ3n) is 5.78. The van der Waals surface area contributed by atoms with Crippen LogP contribution in [0.4, 0.5) is 5.69 Å². The zero-order valence-electron chi connectivity index (χ0n) is 16.9. The summed E-state index contributed by atoms with van der Waals surface area (Å²) in [5.41, 5.74) is 1.95. The quantitative estimate of drug-likeness (QED) is 0.748. The Balaban J connectivity index is 1.45. The maximum absolute atomic E-state index is 12.7. The van der Waals surface area contributed by atoms with Crippen molar-refractivity contribution in [1.29, 1.82) is 0 Å². The van der Waals surface area contributed by atoms with Crippen LogP contribution in [0.15, 0.2) is 22.7 Å². The molecule has 0 unspecified atom stereocenters. The molecular formula is C21H31BrN4O2. The highest BCUT2D eigenvalue weighted by Crippen LogP contribution is 2.24. The van der Waals surface area contributed by atoms with Crippen molar-refractivity contribution >= 4 is 33.4 Å². The molecule has 0 aliphatic carbocycles. The molecule has 0 radical (unpaired) electrons. The summed E-state index contributed by atoms with van der Waals surface area (Å²) < 4.78 is 0.897. The van der Waals surface area contributed by atoms with E-state index in [1.807, 2.05) is 36.9 Å². The molecule has 1 aromatic rings. The SMILES string of the molecule is Cc1ccc(NC(=O)[C@@H](C)N2CCN(CC(=O)N3CCCCC3)CC2)c(Br)c1. The molecule has 0 spiro atoms. The summed E-state index contributed by atoms with van der Waals surface area (Å²) in [6, 6.07) is 5.71. The van der Waals surface area contributed by atoms with Crippen molar-refractivity contribution in [3.05, 3.63) is 28.2 Å². The van der Waals surface area contributed by atoms with Gasteiger partial charge in [-0.25, -0.2) is 0 Å². The number of piperidine rings is 1. The Hall–Kier alpha value is -1.44. The average molecular weight is 451 g/mol. The number of anilines is 1. The van der Waals surface area contributed by atoms with E-state index in [0.717, 1.165) is 67.8 Å². The number of carbonyl (C=O) groups is 2. The molecule has 0 aromatic heterocycles. The van der Waals surface area contributed by atoms with Crippen molar-refractivity contribution in [2.24, 2.45) is 0 Å². The van der Waals surface area contributed by atoms with E-state index in [-0.39, 0.29) is 17.9 Å². The number of likely N-dealkylation sites (tertiary alicyclic amines) is 1. The first-order valence-corrected chi connectivity index (χ1v) is 11.0. The fraction of sp³-hybridized carbons (Fsp3) is 0.619. The number of halogens is 1. The maximum atomic E-state index is 12.7. The first-order chi connectivity index (χ1) is 13.4. The van der Waals surface area contributed by atoms with Gasteiger partial charge in [-0.3, -0.25) is 19.4 Å². The highest BCUT2D eigenvalue weighted by atomic mass is 79.9. The number of hydrogen-bond donors (Lipinski definition) is 1. The number of hydrogen-bond acceptors (Lipinski definition) is 4. The molecule has 1 aromatic carbocycles. The van der Waals surface area contributed by atoms with Gasteiger partial charge < -0.3 is 10.2 Å². The van der Waals surface area contributed by atoms with E-state index in [9.17, 15) is 9.59 Å². The minimum Gasteiger partial charge on any atom is -0.342 e. The Morgan fingerprint density at radius 2 is 1.75 bits per heavy atom. The van der Waals surface area contributed by atoms with Crippen LogP contribution in [-0.4, -0.2) is 78.4 Å². The van der Waals surface area contributed by atoms with Crippen LogP contribution in [0.5, 0.6) is 0 Å². The lowest BCUT2D eigenvalue weighted by Crippen LogP contribution is -2.54. The molecule has 7 heteroatoms. The summed E-state index contributed by atoms with van der Waals surface area (Å²) in [6.45, 7) is 9.55. The zero-order valence-corrected chi connectivity index (χ0v) is 18.5. The Labute approximate surface area is 176 Å². The predicted molar refractivity (Wildman–Crippen MR) is 115 cm³/mol. The van der Waals surface area contributed by atoms with Crippen LogP contribution in [0.1, 0.15) is 31.7 Å². The second kappa shape index (κ2) is 9.85. The minimum absolute atomic E-state index is 0.00222.